The number of hydrogen-bond acceptors (Lipinski definition) is 7. The molecule has 3 heterocycles. The standard InChI is InChI=1S/C29H32FN7O4/c1-35-14-8-19(9-15-35)36(2)28(40)34-25-17-22(7-13-33-25)41-21-5-6-24(23(30)16-21)37(20-4-3-12-32-18-20)27(39)29(10-11-29)26(31)38/h3-7,12-13,16-19H,8-11,14-15H2,1-2H3,(H2,31,38)(H,33,34,40). The van der Waals surface area contributed by atoms with Crippen LogP contribution in [-0.2, 0) is 9.59 Å². The number of primary amides is 1. The summed E-state index contributed by atoms with van der Waals surface area (Å²) in [6, 6.07) is 10.2. The summed E-state index contributed by atoms with van der Waals surface area (Å²) < 4.78 is 21.4. The summed E-state index contributed by atoms with van der Waals surface area (Å²) in [6.07, 6.45) is 6.81. The number of nitrogens with zero attached hydrogens (tertiary/aromatic N) is 5. The molecule has 41 heavy (non-hydrogen) atoms. The first kappa shape index (κ1) is 28.0. The number of benzene rings is 1. The number of hydrogen-bond donors (Lipinski definition) is 2. The normalized spacial score (nSPS) is 16.5. The fraction of sp³-hybridized carbons (Fsp3) is 0.345. The monoisotopic (exact) mass is 561 g/mol. The maximum atomic E-state index is 15.5. The van der Waals surface area contributed by atoms with Crippen molar-refractivity contribution in [1.29, 1.82) is 0 Å². The fourth-order valence-corrected chi connectivity index (χ4v) is 4.91. The summed E-state index contributed by atoms with van der Waals surface area (Å²) in [5.74, 6) is -1.32. The minimum Gasteiger partial charge on any atom is -0.457 e. The Morgan fingerprint density at radius 1 is 1.10 bits per heavy atom. The molecular weight excluding hydrogens is 529 g/mol. The van der Waals surface area contributed by atoms with Gasteiger partial charge < -0.3 is 20.3 Å². The summed E-state index contributed by atoms with van der Waals surface area (Å²) in [5, 5.41) is 2.79. The first-order valence-corrected chi connectivity index (χ1v) is 13.4. The summed E-state index contributed by atoms with van der Waals surface area (Å²) in [7, 11) is 3.83. The lowest BCUT2D eigenvalue weighted by Crippen LogP contribution is -2.46. The van der Waals surface area contributed by atoms with Crippen LogP contribution < -0.4 is 20.7 Å². The molecule has 2 fully saturated rings. The molecule has 1 saturated carbocycles. The molecule has 11 nitrogen and oxygen atoms in total. The predicted octanol–water partition coefficient (Wildman–Crippen LogP) is 3.90. The topological polar surface area (TPSA) is 134 Å². The first-order valence-electron chi connectivity index (χ1n) is 13.4. The number of amides is 4. The van der Waals surface area contributed by atoms with Gasteiger partial charge in [0.05, 0.1) is 17.6 Å². The Kier molecular flexibility index (Phi) is 7.84. The van der Waals surface area contributed by atoms with Gasteiger partial charge in [-0.15, -0.1) is 0 Å². The summed E-state index contributed by atoms with van der Waals surface area (Å²) >= 11 is 0. The largest absolute Gasteiger partial charge is 0.457 e. The van der Waals surface area contributed by atoms with E-state index in [9.17, 15) is 14.4 Å². The van der Waals surface area contributed by atoms with Crippen LogP contribution in [0.25, 0.3) is 0 Å². The lowest BCUT2D eigenvalue weighted by molar-refractivity contribution is -0.133. The molecule has 1 aliphatic heterocycles. The highest BCUT2D eigenvalue weighted by Gasteiger charge is 2.57. The predicted molar refractivity (Wildman–Crippen MR) is 150 cm³/mol. The highest BCUT2D eigenvalue weighted by molar-refractivity contribution is 6.16. The number of halogens is 1. The van der Waals surface area contributed by atoms with Crippen LogP contribution >= 0.6 is 0 Å². The fourth-order valence-electron chi connectivity index (χ4n) is 4.91. The SMILES string of the molecule is CN1CCC(N(C)C(=O)Nc2cc(Oc3ccc(N(C(=O)C4(C(N)=O)CC4)c4cccnc4)c(F)c3)ccn2)CC1. The third-order valence-corrected chi connectivity index (χ3v) is 7.66. The van der Waals surface area contributed by atoms with Crippen molar-refractivity contribution in [3.63, 3.8) is 0 Å². The first-order chi connectivity index (χ1) is 19.7. The van der Waals surface area contributed by atoms with Gasteiger partial charge in [0, 0.05) is 37.6 Å². The third-order valence-electron chi connectivity index (χ3n) is 7.66. The number of aromatic nitrogens is 2. The molecule has 2 aliphatic rings. The number of ether oxygens (including phenoxy) is 1. The highest BCUT2D eigenvalue weighted by Crippen LogP contribution is 2.49. The van der Waals surface area contributed by atoms with E-state index in [4.69, 9.17) is 10.5 Å². The number of rotatable bonds is 8. The van der Waals surface area contributed by atoms with Gasteiger partial charge in [-0.05, 0) is 76.2 Å². The van der Waals surface area contributed by atoms with E-state index in [0.717, 1.165) is 36.9 Å². The van der Waals surface area contributed by atoms with E-state index < -0.39 is 23.0 Å². The van der Waals surface area contributed by atoms with Crippen LogP contribution in [0.2, 0.25) is 0 Å². The minimum atomic E-state index is -1.36. The van der Waals surface area contributed by atoms with E-state index in [1.54, 1.807) is 36.2 Å². The van der Waals surface area contributed by atoms with Crippen molar-refractivity contribution >= 4 is 35.0 Å². The van der Waals surface area contributed by atoms with E-state index in [-0.39, 0.29) is 23.5 Å². The van der Waals surface area contributed by atoms with Crippen LogP contribution in [0.4, 0.5) is 26.4 Å². The third kappa shape index (κ3) is 5.97. The Hall–Kier alpha value is -4.58. The van der Waals surface area contributed by atoms with Gasteiger partial charge in [-0.2, -0.15) is 0 Å². The van der Waals surface area contributed by atoms with Gasteiger partial charge in [0.1, 0.15) is 22.7 Å². The van der Waals surface area contributed by atoms with Crippen molar-refractivity contribution in [2.75, 3.05) is 37.4 Å². The van der Waals surface area contributed by atoms with E-state index in [0.29, 0.717) is 30.1 Å². The number of anilines is 3. The van der Waals surface area contributed by atoms with Crippen LogP contribution in [0.5, 0.6) is 11.5 Å². The molecule has 0 bridgehead atoms. The number of piperidine rings is 1. The van der Waals surface area contributed by atoms with E-state index in [1.165, 1.54) is 30.7 Å². The van der Waals surface area contributed by atoms with Gasteiger partial charge in [0.2, 0.25) is 11.8 Å². The molecular formula is C29H32FN7O4. The molecule has 4 amide bonds. The van der Waals surface area contributed by atoms with Crippen molar-refractivity contribution in [3.8, 4) is 11.5 Å². The number of urea groups is 1. The van der Waals surface area contributed by atoms with E-state index >= 15 is 4.39 Å². The molecule has 214 valence electrons. The number of likely N-dealkylation sites (tertiary alicyclic amines) is 1. The summed E-state index contributed by atoms with van der Waals surface area (Å²) in [4.78, 5) is 51.6. The molecule has 0 radical (unpaired) electrons. The van der Waals surface area contributed by atoms with Crippen LogP contribution in [0.15, 0.2) is 61.1 Å². The maximum absolute atomic E-state index is 15.5. The number of nitrogens with one attached hydrogen (secondary N) is 1. The Balaban J connectivity index is 1.31. The Labute approximate surface area is 237 Å². The molecule has 12 heteroatoms. The molecule has 1 saturated heterocycles. The van der Waals surface area contributed by atoms with Crippen molar-refractivity contribution < 1.29 is 23.5 Å². The Morgan fingerprint density at radius 2 is 1.83 bits per heavy atom. The van der Waals surface area contributed by atoms with Gasteiger partial charge >= 0.3 is 6.03 Å². The minimum absolute atomic E-state index is 0.0671. The average molecular weight is 562 g/mol. The van der Waals surface area contributed by atoms with Gasteiger partial charge in [-0.25, -0.2) is 14.2 Å². The molecule has 0 spiro atoms. The lowest BCUT2D eigenvalue weighted by Gasteiger charge is -2.34. The van der Waals surface area contributed by atoms with Crippen LogP contribution in [-0.4, -0.2) is 70.8 Å². The van der Waals surface area contributed by atoms with Crippen LogP contribution in [0, 0.1) is 11.2 Å². The van der Waals surface area contributed by atoms with Crippen molar-refractivity contribution in [2.24, 2.45) is 11.1 Å². The zero-order valence-corrected chi connectivity index (χ0v) is 22.9. The Morgan fingerprint density at radius 3 is 2.46 bits per heavy atom. The number of carbonyl (C=O) groups is 3. The maximum Gasteiger partial charge on any atom is 0.323 e. The number of pyridine rings is 2. The molecule has 3 aromatic rings. The van der Waals surface area contributed by atoms with Gasteiger partial charge in [0.15, 0.2) is 5.82 Å². The van der Waals surface area contributed by atoms with Crippen LogP contribution in [0.1, 0.15) is 25.7 Å². The zero-order chi connectivity index (χ0) is 29.1. The highest BCUT2D eigenvalue weighted by atomic mass is 19.1. The Bertz CT molecular complexity index is 1440. The zero-order valence-electron chi connectivity index (χ0n) is 22.9. The van der Waals surface area contributed by atoms with Crippen molar-refractivity contribution in [2.45, 2.75) is 31.7 Å². The molecule has 0 unspecified atom stereocenters. The quantitative estimate of drug-likeness (QED) is 0.399. The van der Waals surface area contributed by atoms with Gasteiger partial charge in [-0.3, -0.25) is 24.8 Å². The molecule has 2 aromatic heterocycles. The van der Waals surface area contributed by atoms with Gasteiger partial charge in [-0.1, -0.05) is 0 Å². The number of carbonyl (C=O) groups excluding carboxylic acids is 3. The smallest absolute Gasteiger partial charge is 0.323 e. The molecule has 0 atom stereocenters. The summed E-state index contributed by atoms with van der Waals surface area (Å²) in [5.41, 5.74) is 4.40. The number of nitrogens with two attached hydrogens (primary N) is 1. The van der Waals surface area contributed by atoms with Gasteiger partial charge in [0.25, 0.3) is 0 Å². The molecule has 5 rings (SSSR count). The second-order valence-corrected chi connectivity index (χ2v) is 10.5. The van der Waals surface area contributed by atoms with E-state index in [1.807, 2.05) is 0 Å². The van der Waals surface area contributed by atoms with Crippen molar-refractivity contribution in [3.05, 3.63) is 66.9 Å². The summed E-state index contributed by atoms with van der Waals surface area (Å²) in [6.45, 7) is 1.86. The molecule has 3 N–H and O–H groups in total. The molecule has 1 aromatic carbocycles. The van der Waals surface area contributed by atoms with Crippen molar-refractivity contribution in [1.82, 2.24) is 19.8 Å². The second-order valence-electron chi connectivity index (χ2n) is 10.5. The van der Waals surface area contributed by atoms with E-state index in [2.05, 4.69) is 27.2 Å². The second kappa shape index (κ2) is 11.5. The molecule has 1 aliphatic carbocycles. The van der Waals surface area contributed by atoms with Crippen LogP contribution in [0.3, 0.4) is 0 Å². The lowest BCUT2D eigenvalue weighted by atomic mass is 10.0. The average Bonchev–Trinajstić information content (AvgIpc) is 3.78.